The van der Waals surface area contributed by atoms with Crippen molar-refractivity contribution >= 4 is 11.8 Å². The summed E-state index contributed by atoms with van der Waals surface area (Å²) >= 11 is 1.93. The Labute approximate surface area is 110 Å². The summed E-state index contributed by atoms with van der Waals surface area (Å²) in [4.78, 5) is 0. The van der Waals surface area contributed by atoms with E-state index in [4.69, 9.17) is 0 Å². The molecule has 0 bridgehead atoms. The molecule has 0 N–H and O–H groups in total. The molecule has 0 aromatic rings. The lowest BCUT2D eigenvalue weighted by Crippen LogP contribution is -2.49. The molecule has 2 aliphatic carbocycles. The molecule has 2 fully saturated rings. The molecular weight excluding hydrogens is 226 g/mol. The first-order chi connectivity index (χ1) is 8.10. The van der Waals surface area contributed by atoms with Crippen LogP contribution < -0.4 is 0 Å². The fourth-order valence-electron chi connectivity index (χ4n) is 3.53. The number of hydrogen-bond donors (Lipinski definition) is 0. The van der Waals surface area contributed by atoms with E-state index >= 15 is 0 Å². The molecule has 1 nitrogen and oxygen atoms in total. The van der Waals surface area contributed by atoms with E-state index in [-0.39, 0.29) is 4.75 Å². The first kappa shape index (κ1) is 13.3. The van der Waals surface area contributed by atoms with Gasteiger partial charge in [-0.05, 0) is 42.8 Å². The van der Waals surface area contributed by atoms with Crippen molar-refractivity contribution in [1.82, 2.24) is 0 Å². The lowest BCUT2D eigenvalue weighted by molar-refractivity contribution is 0.0882. The Morgan fingerprint density at radius 3 is 2.18 bits per heavy atom. The zero-order valence-electron chi connectivity index (χ0n) is 11.3. The summed E-state index contributed by atoms with van der Waals surface area (Å²) in [5, 5.41) is 9.46. The summed E-state index contributed by atoms with van der Waals surface area (Å²) in [5.41, 5.74) is 0.566. The second kappa shape index (κ2) is 5.22. The summed E-state index contributed by atoms with van der Waals surface area (Å²) in [7, 11) is 0. The zero-order chi connectivity index (χ0) is 12.4. The molecule has 0 aliphatic heterocycles. The molecule has 0 aromatic carbocycles. The van der Waals surface area contributed by atoms with Gasteiger partial charge in [0.2, 0.25) is 0 Å². The molecule has 96 valence electrons. The predicted octanol–water partition coefficient (Wildman–Crippen LogP) is 4.77. The highest BCUT2D eigenvalue weighted by Crippen LogP contribution is 2.61. The fourth-order valence-corrected chi connectivity index (χ4v) is 5.06. The van der Waals surface area contributed by atoms with Crippen molar-refractivity contribution in [2.75, 3.05) is 5.75 Å². The van der Waals surface area contributed by atoms with E-state index < -0.39 is 0 Å². The Morgan fingerprint density at radius 1 is 1.12 bits per heavy atom. The Hall–Kier alpha value is -0.160. The van der Waals surface area contributed by atoms with Crippen molar-refractivity contribution in [3.05, 3.63) is 0 Å². The van der Waals surface area contributed by atoms with Crippen LogP contribution in [0.3, 0.4) is 0 Å². The minimum absolute atomic E-state index is 0.0192. The van der Waals surface area contributed by atoms with Crippen LogP contribution in [0.1, 0.15) is 65.2 Å². The van der Waals surface area contributed by atoms with E-state index in [0.29, 0.717) is 11.3 Å². The molecular formula is C15H25NS. The first-order valence-corrected chi connectivity index (χ1v) is 8.14. The largest absolute Gasteiger partial charge is 0.197 e. The van der Waals surface area contributed by atoms with Crippen LogP contribution in [0.25, 0.3) is 0 Å². The van der Waals surface area contributed by atoms with Crippen molar-refractivity contribution < 1.29 is 0 Å². The molecule has 2 aliphatic rings. The van der Waals surface area contributed by atoms with E-state index in [0.717, 1.165) is 5.75 Å². The van der Waals surface area contributed by atoms with Crippen LogP contribution in [0.15, 0.2) is 0 Å². The molecule has 2 rings (SSSR count). The molecule has 0 saturated heterocycles. The van der Waals surface area contributed by atoms with Crippen molar-refractivity contribution in [2.45, 2.75) is 70.0 Å². The fraction of sp³-hybridized carbons (Fsp3) is 0.933. The van der Waals surface area contributed by atoms with Crippen molar-refractivity contribution in [2.24, 2.45) is 11.3 Å². The zero-order valence-corrected chi connectivity index (χ0v) is 12.1. The third-order valence-corrected chi connectivity index (χ3v) is 6.15. The predicted molar refractivity (Wildman–Crippen MR) is 75.0 cm³/mol. The number of rotatable bonds is 3. The third-order valence-electron chi connectivity index (χ3n) is 4.38. The maximum absolute atomic E-state index is 9.46. The highest BCUT2D eigenvalue weighted by molar-refractivity contribution is 8.00. The van der Waals surface area contributed by atoms with E-state index in [2.05, 4.69) is 19.9 Å². The van der Waals surface area contributed by atoms with Gasteiger partial charge in [0.05, 0.1) is 6.07 Å². The van der Waals surface area contributed by atoms with Crippen molar-refractivity contribution in [3.8, 4) is 6.07 Å². The topological polar surface area (TPSA) is 23.8 Å². The van der Waals surface area contributed by atoms with Gasteiger partial charge in [-0.2, -0.15) is 5.26 Å². The van der Waals surface area contributed by atoms with E-state index in [1.165, 1.54) is 51.4 Å². The molecule has 0 radical (unpaired) electrons. The summed E-state index contributed by atoms with van der Waals surface area (Å²) in [6.07, 6.45) is 10.8. The SMILES string of the molecule is CC(C)CSC1(C#N)CC2(CCCCCC2)C1. The van der Waals surface area contributed by atoms with Crippen LogP contribution in [-0.4, -0.2) is 10.5 Å². The summed E-state index contributed by atoms with van der Waals surface area (Å²) in [5.74, 6) is 1.85. The van der Waals surface area contributed by atoms with Crippen LogP contribution in [-0.2, 0) is 0 Å². The van der Waals surface area contributed by atoms with Crippen LogP contribution in [0.2, 0.25) is 0 Å². The van der Waals surface area contributed by atoms with Gasteiger partial charge >= 0.3 is 0 Å². The van der Waals surface area contributed by atoms with Crippen molar-refractivity contribution in [3.63, 3.8) is 0 Å². The molecule has 17 heavy (non-hydrogen) atoms. The Morgan fingerprint density at radius 2 is 1.71 bits per heavy atom. The number of thioether (sulfide) groups is 1. The maximum Gasteiger partial charge on any atom is 0.103 e. The normalized spacial score (nSPS) is 26.2. The molecule has 0 amide bonds. The van der Waals surface area contributed by atoms with Gasteiger partial charge < -0.3 is 0 Å². The molecule has 2 saturated carbocycles. The van der Waals surface area contributed by atoms with E-state index in [9.17, 15) is 5.26 Å². The summed E-state index contributed by atoms with van der Waals surface area (Å²) in [6.45, 7) is 4.50. The van der Waals surface area contributed by atoms with E-state index in [1.807, 2.05) is 11.8 Å². The number of nitriles is 1. The number of nitrogens with zero attached hydrogens (tertiary/aromatic N) is 1. The standard InChI is InChI=1S/C15H25NS/c1-13(2)9-17-15(12-16)10-14(11-15)7-5-3-4-6-8-14/h13H,3-11H2,1-2H3. The highest BCUT2D eigenvalue weighted by atomic mass is 32.2. The quantitative estimate of drug-likeness (QED) is 0.721. The third kappa shape index (κ3) is 2.99. The smallest absolute Gasteiger partial charge is 0.103 e. The second-order valence-corrected chi connectivity index (χ2v) is 7.98. The van der Waals surface area contributed by atoms with E-state index in [1.54, 1.807) is 0 Å². The van der Waals surface area contributed by atoms with Gasteiger partial charge in [-0.15, -0.1) is 11.8 Å². The molecule has 2 heteroatoms. The van der Waals surface area contributed by atoms with Crippen LogP contribution in [0, 0.1) is 22.7 Å². The lowest BCUT2D eigenvalue weighted by atomic mass is 9.58. The van der Waals surface area contributed by atoms with Crippen LogP contribution in [0.4, 0.5) is 0 Å². The highest BCUT2D eigenvalue weighted by Gasteiger charge is 2.54. The number of hydrogen-bond acceptors (Lipinski definition) is 2. The van der Waals surface area contributed by atoms with Crippen molar-refractivity contribution in [1.29, 1.82) is 5.26 Å². The Kier molecular flexibility index (Phi) is 4.08. The minimum Gasteiger partial charge on any atom is -0.197 e. The average molecular weight is 251 g/mol. The van der Waals surface area contributed by atoms with Gasteiger partial charge in [0.25, 0.3) is 0 Å². The molecule has 0 heterocycles. The molecule has 0 unspecified atom stereocenters. The maximum atomic E-state index is 9.46. The lowest BCUT2D eigenvalue weighted by Gasteiger charge is -2.52. The minimum atomic E-state index is -0.0192. The Bertz CT molecular complexity index is 287. The molecule has 0 atom stereocenters. The summed E-state index contributed by atoms with van der Waals surface area (Å²) < 4.78 is -0.0192. The van der Waals surface area contributed by atoms with Crippen LogP contribution >= 0.6 is 11.8 Å². The average Bonchev–Trinajstić information content (AvgIpc) is 2.49. The molecule has 1 spiro atoms. The van der Waals surface area contributed by atoms with Gasteiger partial charge in [0.15, 0.2) is 0 Å². The summed E-state index contributed by atoms with van der Waals surface area (Å²) in [6, 6.07) is 2.63. The second-order valence-electron chi connectivity index (χ2n) is 6.58. The molecule has 0 aromatic heterocycles. The van der Waals surface area contributed by atoms with Gasteiger partial charge in [-0.1, -0.05) is 39.5 Å². The van der Waals surface area contributed by atoms with Gasteiger partial charge in [0, 0.05) is 0 Å². The van der Waals surface area contributed by atoms with Gasteiger partial charge in [0.1, 0.15) is 4.75 Å². The van der Waals surface area contributed by atoms with Crippen LogP contribution in [0.5, 0.6) is 0 Å². The first-order valence-electron chi connectivity index (χ1n) is 7.15. The van der Waals surface area contributed by atoms with Gasteiger partial charge in [-0.25, -0.2) is 0 Å². The van der Waals surface area contributed by atoms with Gasteiger partial charge in [-0.3, -0.25) is 0 Å². The Balaban J connectivity index is 1.91. The monoisotopic (exact) mass is 251 g/mol.